The molecule has 0 radical (unpaired) electrons. The van der Waals surface area contributed by atoms with Gasteiger partial charge >= 0.3 is 17.6 Å². The van der Waals surface area contributed by atoms with E-state index in [-0.39, 0.29) is 11.1 Å². The molecule has 1 saturated heterocycles. The van der Waals surface area contributed by atoms with E-state index >= 15 is 4.39 Å². The number of esters is 2. The zero-order chi connectivity index (χ0) is 24.2. The molecule has 1 fully saturated rings. The number of hydrogen-bond acceptors (Lipinski definition) is 7. The quantitative estimate of drug-likeness (QED) is 0.546. The minimum absolute atomic E-state index is 0.130. The van der Waals surface area contributed by atoms with Crippen molar-refractivity contribution in [2.24, 2.45) is 0 Å². The molecular formula is C23H18F2N2O7. The van der Waals surface area contributed by atoms with Gasteiger partial charge in [0.05, 0.1) is 17.3 Å². The number of aromatic nitrogens is 2. The van der Waals surface area contributed by atoms with Crippen LogP contribution >= 0.6 is 0 Å². The first-order valence-electron chi connectivity index (χ1n) is 10.1. The van der Waals surface area contributed by atoms with E-state index in [9.17, 15) is 23.6 Å². The normalized spacial score (nSPS) is 21.7. The van der Waals surface area contributed by atoms with Crippen molar-refractivity contribution < 1.29 is 32.6 Å². The van der Waals surface area contributed by atoms with Gasteiger partial charge in [0.1, 0.15) is 12.7 Å². The molecule has 0 amide bonds. The lowest BCUT2D eigenvalue weighted by Crippen LogP contribution is -2.39. The Balaban J connectivity index is 1.59. The molecule has 0 bridgehead atoms. The molecule has 1 aromatic heterocycles. The van der Waals surface area contributed by atoms with Crippen LogP contribution in [-0.4, -0.2) is 46.5 Å². The van der Waals surface area contributed by atoms with Crippen molar-refractivity contribution in [2.45, 2.75) is 24.6 Å². The lowest BCUT2D eigenvalue weighted by molar-refractivity contribution is -0.0594. The van der Waals surface area contributed by atoms with Crippen LogP contribution < -0.4 is 11.2 Å². The molecule has 1 unspecified atom stereocenters. The fraction of sp³-hybridized carbons (Fsp3) is 0.217. The first-order chi connectivity index (χ1) is 16.3. The molecule has 9 nitrogen and oxygen atoms in total. The number of aromatic amines is 1. The van der Waals surface area contributed by atoms with Crippen molar-refractivity contribution in [2.75, 3.05) is 6.61 Å². The van der Waals surface area contributed by atoms with Gasteiger partial charge in [-0.25, -0.2) is 18.8 Å². The maximum absolute atomic E-state index is 15.4. The highest BCUT2D eigenvalue weighted by molar-refractivity contribution is 5.90. The van der Waals surface area contributed by atoms with Gasteiger partial charge in [-0.1, -0.05) is 36.4 Å². The second-order valence-electron chi connectivity index (χ2n) is 7.35. The topological polar surface area (TPSA) is 117 Å². The molecule has 11 heteroatoms. The molecule has 1 aliphatic heterocycles. The molecule has 1 aliphatic rings. The smallest absolute Gasteiger partial charge is 0.338 e. The summed E-state index contributed by atoms with van der Waals surface area (Å²) in [6, 6.07) is 15.7. The number of nitrogens with one attached hydrogen (secondary N) is 1. The standard InChI is InChI=1S/C23H18F2N2O7/c24-15-11-27(23(31)26-19(15)28)20-17(25)18(34-22(30)14-9-5-2-6-10-14)16(33-20)12-32-21(29)13-7-3-1-4-8-13/h1-11,16-18,20H,12H2,(H,26,28,31)/t16-,17+,18-,20?/m0/s1. The molecule has 34 heavy (non-hydrogen) atoms. The summed E-state index contributed by atoms with van der Waals surface area (Å²) in [7, 11) is 0. The number of carbonyl (C=O) groups excluding carboxylic acids is 2. The van der Waals surface area contributed by atoms with Crippen LogP contribution in [0.1, 0.15) is 26.9 Å². The second-order valence-corrected chi connectivity index (χ2v) is 7.35. The highest BCUT2D eigenvalue weighted by Gasteiger charge is 2.49. The van der Waals surface area contributed by atoms with Gasteiger partial charge in [0.2, 0.25) is 5.82 Å². The molecule has 3 aromatic rings. The van der Waals surface area contributed by atoms with Crippen LogP contribution in [0, 0.1) is 5.82 Å². The minimum Gasteiger partial charge on any atom is -0.459 e. The SMILES string of the molecule is O=C(OC[C@@H]1OC(n2cc(F)c(=O)[nH]c2=O)[C@H](F)[C@H]1OC(=O)c1ccccc1)c1ccccc1. The summed E-state index contributed by atoms with van der Waals surface area (Å²) >= 11 is 0. The zero-order valence-electron chi connectivity index (χ0n) is 17.4. The third-order valence-electron chi connectivity index (χ3n) is 5.11. The Labute approximate surface area is 190 Å². The summed E-state index contributed by atoms with van der Waals surface area (Å²) in [5, 5.41) is 0. The van der Waals surface area contributed by atoms with Crippen molar-refractivity contribution in [1.29, 1.82) is 0 Å². The van der Waals surface area contributed by atoms with Gasteiger partial charge in [0.25, 0.3) is 5.56 Å². The van der Waals surface area contributed by atoms with E-state index in [0.717, 1.165) is 0 Å². The van der Waals surface area contributed by atoms with Crippen LogP contribution in [0.15, 0.2) is 76.4 Å². The Bertz CT molecular complexity index is 1290. The number of nitrogens with zero attached hydrogens (tertiary/aromatic N) is 1. The number of hydrogen-bond donors (Lipinski definition) is 1. The highest BCUT2D eigenvalue weighted by Crippen LogP contribution is 2.34. The third kappa shape index (κ3) is 4.79. The summed E-state index contributed by atoms with van der Waals surface area (Å²) in [5.41, 5.74) is -2.06. The van der Waals surface area contributed by atoms with Crippen LogP contribution in [0.2, 0.25) is 0 Å². The number of halogens is 2. The summed E-state index contributed by atoms with van der Waals surface area (Å²) in [4.78, 5) is 50.0. The number of carbonyl (C=O) groups is 2. The van der Waals surface area contributed by atoms with Gasteiger partial charge in [0.15, 0.2) is 18.5 Å². The molecule has 4 rings (SSSR count). The second kappa shape index (κ2) is 9.79. The maximum Gasteiger partial charge on any atom is 0.338 e. The fourth-order valence-corrected chi connectivity index (χ4v) is 3.42. The van der Waals surface area contributed by atoms with Crippen LogP contribution in [0.5, 0.6) is 0 Å². The van der Waals surface area contributed by atoms with Crippen molar-refractivity contribution in [3.63, 3.8) is 0 Å². The Morgan fingerprint density at radius 2 is 1.56 bits per heavy atom. The van der Waals surface area contributed by atoms with Gasteiger partial charge in [0, 0.05) is 0 Å². The monoisotopic (exact) mass is 472 g/mol. The van der Waals surface area contributed by atoms with Crippen LogP contribution in [-0.2, 0) is 14.2 Å². The summed E-state index contributed by atoms with van der Waals surface area (Å²) < 4.78 is 45.7. The predicted molar refractivity (Wildman–Crippen MR) is 112 cm³/mol. The largest absolute Gasteiger partial charge is 0.459 e. The van der Waals surface area contributed by atoms with Crippen molar-refractivity contribution in [3.8, 4) is 0 Å². The predicted octanol–water partition coefficient (Wildman–Crippen LogP) is 1.99. The van der Waals surface area contributed by atoms with Gasteiger partial charge in [-0.3, -0.25) is 14.3 Å². The van der Waals surface area contributed by atoms with E-state index in [1.54, 1.807) is 41.4 Å². The maximum atomic E-state index is 15.4. The van der Waals surface area contributed by atoms with E-state index in [4.69, 9.17) is 14.2 Å². The van der Waals surface area contributed by atoms with E-state index in [0.29, 0.717) is 10.8 Å². The van der Waals surface area contributed by atoms with Gasteiger partial charge in [-0.2, -0.15) is 4.39 Å². The number of benzene rings is 2. The number of rotatable bonds is 6. The number of ether oxygens (including phenoxy) is 3. The highest BCUT2D eigenvalue weighted by atomic mass is 19.1. The molecule has 0 aliphatic carbocycles. The molecule has 4 atom stereocenters. The first-order valence-corrected chi connectivity index (χ1v) is 10.1. The molecule has 1 N–H and O–H groups in total. The van der Waals surface area contributed by atoms with Gasteiger partial charge in [-0.15, -0.1) is 0 Å². The lowest BCUT2D eigenvalue weighted by Gasteiger charge is -2.19. The van der Waals surface area contributed by atoms with Crippen molar-refractivity contribution in [3.05, 3.63) is 105 Å². The van der Waals surface area contributed by atoms with E-state index < -0.39 is 60.2 Å². The Kier molecular flexibility index (Phi) is 6.64. The lowest BCUT2D eigenvalue weighted by atomic mass is 10.1. The average Bonchev–Trinajstić information content (AvgIpc) is 3.15. The van der Waals surface area contributed by atoms with Gasteiger partial charge in [-0.05, 0) is 24.3 Å². The Hall–Kier alpha value is -4.12. The van der Waals surface area contributed by atoms with Crippen molar-refractivity contribution >= 4 is 11.9 Å². The van der Waals surface area contributed by atoms with Crippen LogP contribution in [0.4, 0.5) is 8.78 Å². The Morgan fingerprint density at radius 1 is 0.971 bits per heavy atom. The summed E-state index contributed by atoms with van der Waals surface area (Å²) in [6.45, 7) is -0.530. The molecular weight excluding hydrogens is 454 g/mol. The van der Waals surface area contributed by atoms with E-state index in [2.05, 4.69) is 0 Å². The Morgan fingerprint density at radius 3 is 2.18 bits per heavy atom. The third-order valence-corrected chi connectivity index (χ3v) is 5.11. The van der Waals surface area contributed by atoms with E-state index in [1.807, 2.05) is 0 Å². The summed E-state index contributed by atoms with van der Waals surface area (Å²) in [6.07, 6.45) is -6.36. The molecule has 2 heterocycles. The molecule has 0 saturated carbocycles. The van der Waals surface area contributed by atoms with E-state index in [1.165, 1.54) is 24.3 Å². The van der Waals surface area contributed by atoms with Crippen LogP contribution in [0.3, 0.4) is 0 Å². The fourth-order valence-electron chi connectivity index (χ4n) is 3.42. The average molecular weight is 472 g/mol. The number of alkyl halides is 1. The molecule has 0 spiro atoms. The van der Waals surface area contributed by atoms with Gasteiger partial charge < -0.3 is 14.2 Å². The first kappa shape index (κ1) is 23.1. The minimum atomic E-state index is -2.16. The summed E-state index contributed by atoms with van der Waals surface area (Å²) in [5.74, 6) is -2.95. The zero-order valence-corrected chi connectivity index (χ0v) is 17.4. The van der Waals surface area contributed by atoms with Crippen LogP contribution in [0.25, 0.3) is 0 Å². The number of H-pyrrole nitrogens is 1. The molecule has 176 valence electrons. The van der Waals surface area contributed by atoms with Crippen molar-refractivity contribution in [1.82, 2.24) is 9.55 Å². The molecule has 2 aromatic carbocycles.